The number of para-hydroxylation sites is 1. The van der Waals surface area contributed by atoms with Gasteiger partial charge in [0.2, 0.25) is 0 Å². The molecule has 0 atom stereocenters. The second kappa shape index (κ2) is 8.73. The first-order valence-corrected chi connectivity index (χ1v) is 11.5. The number of anilines is 1. The van der Waals surface area contributed by atoms with E-state index in [0.717, 1.165) is 25.9 Å². The predicted molar refractivity (Wildman–Crippen MR) is 115 cm³/mol. The van der Waals surface area contributed by atoms with Crippen LogP contribution in [0.25, 0.3) is 0 Å². The molecule has 1 fully saturated rings. The van der Waals surface area contributed by atoms with Crippen molar-refractivity contribution in [1.82, 2.24) is 4.90 Å². The van der Waals surface area contributed by atoms with Gasteiger partial charge in [-0.3, -0.25) is 9.10 Å². The van der Waals surface area contributed by atoms with Gasteiger partial charge in [-0.2, -0.15) is 0 Å². The number of nitrogens with zero attached hydrogens (tertiary/aromatic N) is 2. The molecular formula is C21H27ClN3O3S+. The molecule has 0 saturated carbocycles. The van der Waals surface area contributed by atoms with Crippen LogP contribution in [0.3, 0.4) is 0 Å². The van der Waals surface area contributed by atoms with E-state index in [2.05, 4.69) is 7.05 Å². The van der Waals surface area contributed by atoms with Crippen molar-refractivity contribution in [2.24, 2.45) is 0 Å². The average molecular weight is 437 g/mol. The van der Waals surface area contributed by atoms with Crippen molar-refractivity contribution in [3.05, 3.63) is 59.1 Å². The van der Waals surface area contributed by atoms with Gasteiger partial charge in [-0.1, -0.05) is 29.8 Å². The lowest BCUT2D eigenvalue weighted by Crippen LogP contribution is -3.10. The van der Waals surface area contributed by atoms with Gasteiger partial charge in [-0.25, -0.2) is 8.42 Å². The highest BCUT2D eigenvalue weighted by atomic mass is 35.5. The summed E-state index contributed by atoms with van der Waals surface area (Å²) in [5.41, 5.74) is 0.754. The number of quaternary nitrogens is 1. The van der Waals surface area contributed by atoms with Crippen LogP contribution in [0.1, 0.15) is 23.2 Å². The van der Waals surface area contributed by atoms with Crippen LogP contribution in [-0.2, 0) is 10.0 Å². The van der Waals surface area contributed by atoms with Crippen LogP contribution in [0.15, 0.2) is 53.4 Å². The summed E-state index contributed by atoms with van der Waals surface area (Å²) in [5, 5.41) is 0.252. The van der Waals surface area contributed by atoms with Crippen molar-refractivity contribution >= 4 is 33.2 Å². The largest absolute Gasteiger partial charge is 0.338 e. The molecule has 6 nitrogen and oxygen atoms in total. The summed E-state index contributed by atoms with van der Waals surface area (Å²) < 4.78 is 27.4. The molecule has 29 heavy (non-hydrogen) atoms. The fourth-order valence-corrected chi connectivity index (χ4v) is 5.02. The Morgan fingerprint density at radius 2 is 1.69 bits per heavy atom. The number of amides is 1. The average Bonchev–Trinajstić information content (AvgIpc) is 2.73. The van der Waals surface area contributed by atoms with Gasteiger partial charge in [-0.05, 0) is 30.3 Å². The zero-order chi connectivity index (χ0) is 21.2. The number of halogens is 1. The number of sulfonamides is 1. The van der Waals surface area contributed by atoms with Crippen molar-refractivity contribution in [2.45, 2.75) is 23.8 Å². The molecule has 1 saturated heterocycles. The number of carbonyl (C=O) groups is 1. The number of hydrogen-bond donors (Lipinski definition) is 1. The van der Waals surface area contributed by atoms with Crippen molar-refractivity contribution in [1.29, 1.82) is 0 Å². The van der Waals surface area contributed by atoms with E-state index in [9.17, 15) is 13.2 Å². The van der Waals surface area contributed by atoms with Crippen molar-refractivity contribution in [2.75, 3.05) is 38.5 Å². The summed E-state index contributed by atoms with van der Waals surface area (Å²) >= 11 is 6.28. The Labute approximate surface area is 177 Å². The number of rotatable bonds is 5. The molecular weight excluding hydrogens is 410 g/mol. The topological polar surface area (TPSA) is 62.1 Å². The first-order chi connectivity index (χ1) is 13.7. The van der Waals surface area contributed by atoms with Crippen LogP contribution in [0.5, 0.6) is 0 Å². The number of hydrogen-bond acceptors (Lipinski definition) is 3. The molecule has 1 aliphatic rings. The van der Waals surface area contributed by atoms with E-state index in [1.165, 1.54) is 34.5 Å². The molecule has 0 radical (unpaired) electrons. The quantitative estimate of drug-likeness (QED) is 0.778. The third-order valence-corrected chi connectivity index (χ3v) is 7.73. The normalized spacial score (nSPS) is 19.6. The van der Waals surface area contributed by atoms with E-state index in [0.29, 0.717) is 5.69 Å². The molecule has 2 aromatic carbocycles. The SMILES string of the molecule is CN(C(=O)c1cc(S(=O)(=O)N(C)c2ccccc2)ccc1Cl)C1CC[NH+](C)CC1. The van der Waals surface area contributed by atoms with E-state index < -0.39 is 10.0 Å². The number of piperidine rings is 1. The van der Waals surface area contributed by atoms with Gasteiger partial charge >= 0.3 is 0 Å². The Hall–Kier alpha value is -2.09. The molecule has 1 N–H and O–H groups in total. The van der Waals surface area contributed by atoms with Gasteiger partial charge < -0.3 is 9.80 Å². The molecule has 0 aliphatic carbocycles. The summed E-state index contributed by atoms with van der Waals surface area (Å²) in [6.07, 6.45) is 1.83. The highest BCUT2D eigenvalue weighted by molar-refractivity contribution is 7.92. The maximum atomic E-state index is 13.1. The number of benzene rings is 2. The van der Waals surface area contributed by atoms with Gasteiger partial charge in [0, 0.05) is 33.0 Å². The zero-order valence-electron chi connectivity index (χ0n) is 16.9. The number of likely N-dealkylation sites (tertiary alicyclic amines) is 1. The van der Waals surface area contributed by atoms with E-state index in [4.69, 9.17) is 11.6 Å². The summed E-state index contributed by atoms with van der Waals surface area (Å²) in [7, 11) is 1.58. The maximum absolute atomic E-state index is 13.1. The Morgan fingerprint density at radius 1 is 1.07 bits per heavy atom. The lowest BCUT2D eigenvalue weighted by atomic mass is 10.0. The lowest BCUT2D eigenvalue weighted by Gasteiger charge is -2.33. The van der Waals surface area contributed by atoms with Gasteiger partial charge in [0.1, 0.15) is 0 Å². The fraction of sp³-hybridized carbons (Fsp3) is 0.381. The Bertz CT molecular complexity index is 974. The van der Waals surface area contributed by atoms with Crippen LogP contribution in [0.4, 0.5) is 5.69 Å². The second-order valence-corrected chi connectivity index (χ2v) is 9.93. The van der Waals surface area contributed by atoms with Crippen LogP contribution in [0, 0.1) is 0 Å². The smallest absolute Gasteiger partial charge is 0.264 e. The van der Waals surface area contributed by atoms with Gasteiger partial charge in [-0.15, -0.1) is 0 Å². The standard InChI is InChI=1S/C21H26ClN3O3S/c1-23-13-11-16(12-14-23)24(2)21(26)19-15-18(9-10-20(19)22)29(27,28)25(3)17-7-5-4-6-8-17/h4-10,15-16H,11-14H2,1-3H3/p+1. The molecule has 156 valence electrons. The molecule has 3 rings (SSSR count). The Balaban J connectivity index is 1.88. The minimum Gasteiger partial charge on any atom is -0.338 e. The summed E-state index contributed by atoms with van der Waals surface area (Å²) in [6.45, 7) is 2.01. The molecule has 0 bridgehead atoms. The summed E-state index contributed by atoms with van der Waals surface area (Å²) in [4.78, 5) is 16.3. The number of carbonyl (C=O) groups excluding carboxylic acids is 1. The van der Waals surface area contributed by atoms with Crippen molar-refractivity contribution in [3.63, 3.8) is 0 Å². The predicted octanol–water partition coefficient (Wildman–Crippen LogP) is 1.91. The highest BCUT2D eigenvalue weighted by Crippen LogP contribution is 2.27. The molecule has 8 heteroatoms. The van der Waals surface area contributed by atoms with E-state index in [1.807, 2.05) is 6.07 Å². The van der Waals surface area contributed by atoms with Crippen LogP contribution >= 0.6 is 11.6 Å². The van der Waals surface area contributed by atoms with E-state index in [1.54, 1.807) is 36.2 Å². The molecule has 2 aromatic rings. The van der Waals surface area contributed by atoms with Crippen LogP contribution in [-0.4, -0.2) is 59.5 Å². The fourth-order valence-electron chi connectivity index (χ4n) is 3.60. The molecule has 1 aliphatic heterocycles. The van der Waals surface area contributed by atoms with Crippen molar-refractivity contribution in [3.8, 4) is 0 Å². The third kappa shape index (κ3) is 4.57. The Morgan fingerprint density at radius 3 is 2.31 bits per heavy atom. The van der Waals surface area contributed by atoms with E-state index >= 15 is 0 Å². The van der Waals surface area contributed by atoms with Gasteiger partial charge in [0.15, 0.2) is 0 Å². The highest BCUT2D eigenvalue weighted by Gasteiger charge is 2.29. The monoisotopic (exact) mass is 436 g/mol. The van der Waals surface area contributed by atoms with Gasteiger partial charge in [0.05, 0.1) is 41.3 Å². The Kier molecular flexibility index (Phi) is 6.51. The molecule has 1 heterocycles. The zero-order valence-corrected chi connectivity index (χ0v) is 18.5. The summed E-state index contributed by atoms with van der Waals surface area (Å²) in [6, 6.07) is 13.2. The second-order valence-electron chi connectivity index (χ2n) is 7.55. The minimum atomic E-state index is -3.82. The maximum Gasteiger partial charge on any atom is 0.264 e. The van der Waals surface area contributed by atoms with E-state index in [-0.39, 0.29) is 27.4 Å². The molecule has 0 unspecified atom stereocenters. The minimum absolute atomic E-state index is 0.0397. The lowest BCUT2D eigenvalue weighted by molar-refractivity contribution is -0.885. The molecule has 1 amide bonds. The first-order valence-electron chi connectivity index (χ1n) is 9.64. The first kappa shape index (κ1) is 21.6. The van der Waals surface area contributed by atoms with Gasteiger partial charge in [0.25, 0.3) is 15.9 Å². The van der Waals surface area contributed by atoms with Crippen LogP contribution in [0.2, 0.25) is 5.02 Å². The summed E-state index contributed by atoms with van der Waals surface area (Å²) in [5.74, 6) is -0.251. The van der Waals surface area contributed by atoms with Crippen LogP contribution < -0.4 is 9.21 Å². The van der Waals surface area contributed by atoms with Crippen molar-refractivity contribution < 1.29 is 18.1 Å². The number of nitrogens with one attached hydrogen (secondary N) is 1. The molecule has 0 aromatic heterocycles. The third-order valence-electron chi connectivity index (χ3n) is 5.62. The molecule has 0 spiro atoms.